The Bertz CT molecular complexity index is 1170. The first-order chi connectivity index (χ1) is 16.3. The number of anilines is 1. The van der Waals surface area contributed by atoms with Crippen LogP contribution in [0.3, 0.4) is 0 Å². The van der Waals surface area contributed by atoms with Gasteiger partial charge in [0, 0.05) is 48.8 Å². The molecule has 35 heavy (non-hydrogen) atoms. The van der Waals surface area contributed by atoms with E-state index in [0.717, 1.165) is 45.9 Å². The molecule has 0 spiro atoms. The second kappa shape index (κ2) is 14.0. The number of unbranched alkanes of at least 4 members (excludes halogenated alkanes) is 1. The van der Waals surface area contributed by atoms with Crippen molar-refractivity contribution in [1.29, 1.82) is 0 Å². The van der Waals surface area contributed by atoms with Crippen LogP contribution in [-0.2, 0) is 16.1 Å². The molecule has 3 aromatic rings. The van der Waals surface area contributed by atoms with Gasteiger partial charge in [-0.25, -0.2) is 0 Å². The molecule has 1 N–H and O–H groups in total. The third-order valence-electron chi connectivity index (χ3n) is 5.75. The summed E-state index contributed by atoms with van der Waals surface area (Å²) in [5.41, 5.74) is 2.93. The van der Waals surface area contributed by atoms with Crippen molar-refractivity contribution >= 4 is 56.8 Å². The van der Waals surface area contributed by atoms with Gasteiger partial charge in [-0.05, 0) is 44.5 Å². The number of aryl methyl sites for hydroxylation is 2. The zero-order valence-electron chi connectivity index (χ0n) is 20.6. The zero-order chi connectivity index (χ0) is 24.7. The van der Waals surface area contributed by atoms with Crippen LogP contribution in [0.2, 0.25) is 5.02 Å². The van der Waals surface area contributed by atoms with E-state index in [1.807, 2.05) is 55.5 Å². The van der Waals surface area contributed by atoms with Crippen molar-refractivity contribution in [3.05, 3.63) is 64.6 Å². The molecule has 0 aliphatic heterocycles. The Morgan fingerprint density at radius 3 is 2.60 bits per heavy atom. The Hall–Kier alpha value is -1.90. The number of carboxylic acid groups (broad SMARTS) is 1. The van der Waals surface area contributed by atoms with Crippen LogP contribution in [0, 0.1) is 6.92 Å². The Morgan fingerprint density at radius 2 is 1.94 bits per heavy atom. The van der Waals surface area contributed by atoms with E-state index in [9.17, 15) is 14.7 Å². The van der Waals surface area contributed by atoms with Crippen LogP contribution in [-0.4, -0.2) is 31.0 Å². The van der Waals surface area contributed by atoms with Crippen molar-refractivity contribution in [1.82, 2.24) is 5.32 Å². The van der Waals surface area contributed by atoms with Crippen molar-refractivity contribution in [2.45, 2.75) is 45.7 Å². The minimum atomic E-state index is -1.17. The fourth-order valence-corrected chi connectivity index (χ4v) is 4.98. The third-order valence-corrected chi connectivity index (χ3v) is 7.15. The average Bonchev–Trinajstić information content (AvgIpc) is 3.16. The van der Waals surface area contributed by atoms with Gasteiger partial charge in [-0.15, -0.1) is 0 Å². The predicted molar refractivity (Wildman–Crippen MR) is 137 cm³/mol. The summed E-state index contributed by atoms with van der Waals surface area (Å²) in [6, 6.07) is 12.6. The number of hydrogen-bond acceptors (Lipinski definition) is 5. The van der Waals surface area contributed by atoms with Gasteiger partial charge in [0.25, 0.3) is 5.01 Å². The molecule has 0 saturated carbocycles. The number of benzene rings is 2. The van der Waals surface area contributed by atoms with E-state index < -0.39 is 12.0 Å². The molecule has 6 nitrogen and oxygen atoms in total. The van der Waals surface area contributed by atoms with E-state index in [1.165, 1.54) is 0 Å². The van der Waals surface area contributed by atoms with Gasteiger partial charge in [0.05, 0.1) is 12.0 Å². The van der Waals surface area contributed by atoms with Gasteiger partial charge in [-0.2, -0.15) is 4.57 Å². The third kappa shape index (κ3) is 8.05. The number of aromatic nitrogens is 1. The molecule has 0 aliphatic rings. The molecule has 2 aromatic carbocycles. The molecule has 1 aromatic heterocycles. The topological polar surface area (TPSA) is 76.4 Å². The smallest absolute Gasteiger partial charge is 0.548 e. The van der Waals surface area contributed by atoms with Crippen LogP contribution in [0.15, 0.2) is 49.0 Å². The molecule has 0 saturated heterocycles. The molecule has 0 bridgehead atoms. The fourth-order valence-electron chi connectivity index (χ4n) is 3.80. The normalized spacial score (nSPS) is 11.5. The molecular weight excluding hydrogens is 493 g/mol. The number of nitrogens with one attached hydrogen (secondary N) is 1. The first-order valence-electron chi connectivity index (χ1n) is 11.4. The number of carbonyl (C=O) groups is 2. The summed E-state index contributed by atoms with van der Waals surface area (Å²) < 4.78 is 3.37. The van der Waals surface area contributed by atoms with Gasteiger partial charge in [-0.1, -0.05) is 47.2 Å². The van der Waals surface area contributed by atoms with Gasteiger partial charge in [-0.3, -0.25) is 4.79 Å². The van der Waals surface area contributed by atoms with Crippen molar-refractivity contribution in [2.75, 3.05) is 18.0 Å². The number of fused-ring (bicyclic) bond motifs is 1. The average molecular weight is 523 g/mol. The quantitative estimate of drug-likeness (QED) is 0.216. The number of carboxylic acids is 1. The molecule has 0 radical (unpaired) electrons. The number of carbonyl (C=O) groups excluding carboxylic acids is 2. The first kappa shape index (κ1) is 29.3. The summed E-state index contributed by atoms with van der Waals surface area (Å²) >= 11 is 7.85. The summed E-state index contributed by atoms with van der Waals surface area (Å²) in [6.07, 6.45) is 3.77. The maximum atomic E-state index is 12.4. The Morgan fingerprint density at radius 1 is 1.23 bits per heavy atom. The SMILES string of the molecule is C=Cc1sc2ccc(Cl)cc2[n+]1CCCCNC(=O)CCN(c1ccc(C)cc1)C(C)C(=O)[O-].[Na+]. The second-order valence-corrected chi connectivity index (χ2v) is 9.74. The Labute approximate surface area is 237 Å². The maximum absolute atomic E-state index is 12.4. The molecule has 3 rings (SSSR count). The molecule has 1 heterocycles. The van der Waals surface area contributed by atoms with Gasteiger partial charge in [0.2, 0.25) is 11.4 Å². The molecule has 9 heteroatoms. The summed E-state index contributed by atoms with van der Waals surface area (Å²) in [6.45, 7) is 9.12. The molecule has 0 aliphatic carbocycles. The summed E-state index contributed by atoms with van der Waals surface area (Å²) in [7, 11) is 0. The molecule has 0 fully saturated rings. The van der Waals surface area contributed by atoms with Gasteiger partial charge in [0.15, 0.2) is 6.54 Å². The molecule has 180 valence electrons. The van der Waals surface area contributed by atoms with Gasteiger partial charge in [0.1, 0.15) is 4.70 Å². The van der Waals surface area contributed by atoms with E-state index in [0.29, 0.717) is 18.1 Å². The fraction of sp³-hybridized carbons (Fsp3) is 0.346. The summed E-state index contributed by atoms with van der Waals surface area (Å²) in [5.74, 6) is -1.27. The van der Waals surface area contributed by atoms with Crippen LogP contribution in [0.4, 0.5) is 5.69 Å². The van der Waals surface area contributed by atoms with E-state index in [1.54, 1.807) is 23.2 Å². The van der Waals surface area contributed by atoms with Gasteiger partial charge < -0.3 is 20.1 Å². The monoisotopic (exact) mass is 522 g/mol. The molecule has 1 unspecified atom stereocenters. The van der Waals surface area contributed by atoms with E-state index in [-0.39, 0.29) is 41.9 Å². The van der Waals surface area contributed by atoms with Crippen LogP contribution in [0.5, 0.6) is 0 Å². The standard InChI is InChI=1S/C26H30ClN3O3S.Na/c1-4-25-30(22-17-20(27)9-12-23(22)34-25)15-6-5-14-28-24(31)13-16-29(19(3)26(32)33)21-10-7-18(2)8-11-21;/h4,7-12,17,19H,1,5-6,13-16H2,2-3H3,(H-,28,31,32,33);/q;+1. The minimum Gasteiger partial charge on any atom is -0.548 e. The van der Waals surface area contributed by atoms with Crippen LogP contribution >= 0.6 is 22.9 Å². The Kier molecular flexibility index (Phi) is 11.7. The number of thiazole rings is 1. The van der Waals surface area contributed by atoms with Crippen molar-refractivity contribution in [3.8, 4) is 0 Å². The van der Waals surface area contributed by atoms with E-state index in [2.05, 4.69) is 16.5 Å². The zero-order valence-corrected chi connectivity index (χ0v) is 24.1. The number of halogens is 1. The van der Waals surface area contributed by atoms with E-state index in [4.69, 9.17) is 11.6 Å². The van der Waals surface area contributed by atoms with Crippen LogP contribution < -0.4 is 49.4 Å². The van der Waals surface area contributed by atoms with Gasteiger partial charge >= 0.3 is 29.6 Å². The summed E-state index contributed by atoms with van der Waals surface area (Å²) in [4.78, 5) is 25.5. The first-order valence-corrected chi connectivity index (χ1v) is 12.5. The number of amides is 1. The Balaban J connectivity index is 0.00000432. The maximum Gasteiger partial charge on any atom is 1.00 e. The van der Waals surface area contributed by atoms with Crippen molar-refractivity contribution in [3.63, 3.8) is 0 Å². The number of hydrogen-bond donors (Lipinski definition) is 1. The second-order valence-electron chi connectivity index (χ2n) is 8.24. The minimum absolute atomic E-state index is 0. The summed E-state index contributed by atoms with van der Waals surface area (Å²) in [5, 5.41) is 16.2. The molecule has 1 amide bonds. The van der Waals surface area contributed by atoms with Crippen molar-refractivity contribution < 1.29 is 48.8 Å². The number of nitrogens with zero attached hydrogens (tertiary/aromatic N) is 2. The number of aliphatic carboxylic acids is 1. The predicted octanol–water partition coefficient (Wildman–Crippen LogP) is 0.729. The number of rotatable bonds is 12. The van der Waals surface area contributed by atoms with Crippen molar-refractivity contribution in [2.24, 2.45) is 0 Å². The molecular formula is C26H30ClN3NaO3S+. The molecule has 1 atom stereocenters. The van der Waals surface area contributed by atoms with Crippen LogP contribution in [0.1, 0.15) is 36.8 Å². The van der Waals surface area contributed by atoms with Crippen LogP contribution in [0.25, 0.3) is 16.3 Å². The van der Waals surface area contributed by atoms with E-state index >= 15 is 0 Å². The largest absolute Gasteiger partial charge is 1.00 e.